The van der Waals surface area contributed by atoms with E-state index in [0.717, 1.165) is 31.7 Å². The number of pyridine rings is 1. The Balaban J connectivity index is 1.80. The first-order chi connectivity index (χ1) is 13.4. The van der Waals surface area contributed by atoms with E-state index in [1.807, 2.05) is 6.07 Å². The van der Waals surface area contributed by atoms with Gasteiger partial charge >= 0.3 is 0 Å². The predicted molar refractivity (Wildman–Crippen MR) is 122 cm³/mol. The van der Waals surface area contributed by atoms with Crippen LogP contribution in [0.15, 0.2) is 6.07 Å². The van der Waals surface area contributed by atoms with E-state index in [-0.39, 0.29) is 17.7 Å². The number of carbonyl (C=O) groups excluding carboxylic acids is 1. The van der Waals surface area contributed by atoms with E-state index in [9.17, 15) is 9.90 Å². The maximum Gasteiger partial charge on any atom is 0.260 e. The fourth-order valence-corrected chi connectivity index (χ4v) is 5.86. The molecule has 160 valence electrons. The van der Waals surface area contributed by atoms with Crippen molar-refractivity contribution in [3.05, 3.63) is 16.5 Å². The third-order valence-electron chi connectivity index (χ3n) is 6.19. The lowest BCUT2D eigenvalue weighted by Crippen LogP contribution is -2.47. The molecule has 0 aliphatic carbocycles. The van der Waals surface area contributed by atoms with Gasteiger partial charge in [-0.25, -0.2) is 4.98 Å². The number of rotatable bonds is 5. The SMILES string of the molecule is CC(C)(C)[Si](C)(C)OC1CCN(c2cc(CO)c3c(N)c(C(N)=O)sc3n2)CC1. The molecule has 3 heterocycles. The Bertz CT molecular complexity index is 915. The maximum atomic E-state index is 11.6. The maximum absolute atomic E-state index is 11.6. The van der Waals surface area contributed by atoms with E-state index in [0.29, 0.717) is 26.3 Å². The smallest absolute Gasteiger partial charge is 0.260 e. The molecule has 0 unspecified atom stereocenters. The van der Waals surface area contributed by atoms with Gasteiger partial charge in [0.2, 0.25) is 0 Å². The number of primary amides is 1. The number of aromatic nitrogens is 1. The highest BCUT2D eigenvalue weighted by atomic mass is 32.1. The molecule has 7 nitrogen and oxygen atoms in total. The lowest BCUT2D eigenvalue weighted by Gasteiger charge is -2.42. The number of amides is 1. The fraction of sp³-hybridized carbons (Fsp3) is 0.600. The molecule has 0 spiro atoms. The second-order valence-electron chi connectivity index (χ2n) is 9.25. The van der Waals surface area contributed by atoms with E-state index in [1.165, 1.54) is 11.3 Å². The molecular weight excluding hydrogens is 404 g/mol. The van der Waals surface area contributed by atoms with E-state index in [2.05, 4.69) is 38.8 Å². The quantitative estimate of drug-likeness (QED) is 0.618. The van der Waals surface area contributed by atoms with Gasteiger partial charge in [0, 0.05) is 24.6 Å². The molecular formula is C20H32N4O3SSi. The van der Waals surface area contributed by atoms with Crippen LogP contribution in [-0.4, -0.2) is 43.5 Å². The number of anilines is 2. The topological polar surface area (TPSA) is 115 Å². The highest BCUT2D eigenvalue weighted by molar-refractivity contribution is 7.21. The van der Waals surface area contributed by atoms with Gasteiger partial charge in [-0.2, -0.15) is 0 Å². The zero-order valence-electron chi connectivity index (χ0n) is 17.9. The summed E-state index contributed by atoms with van der Waals surface area (Å²) >= 11 is 1.18. The Labute approximate surface area is 177 Å². The summed E-state index contributed by atoms with van der Waals surface area (Å²) in [6.45, 7) is 12.9. The number of aliphatic hydroxyl groups is 1. The summed E-state index contributed by atoms with van der Waals surface area (Å²) in [7, 11) is -1.78. The van der Waals surface area contributed by atoms with Crippen LogP contribution in [0.2, 0.25) is 18.1 Å². The lowest BCUT2D eigenvalue weighted by atomic mass is 10.1. The summed E-state index contributed by atoms with van der Waals surface area (Å²) in [5.74, 6) is 0.226. The number of aliphatic hydroxyl groups excluding tert-OH is 1. The van der Waals surface area contributed by atoms with Crippen molar-refractivity contribution in [3.8, 4) is 0 Å². The molecule has 0 aromatic carbocycles. The van der Waals surface area contributed by atoms with Gasteiger partial charge in [0.05, 0.1) is 12.3 Å². The summed E-state index contributed by atoms with van der Waals surface area (Å²) in [5.41, 5.74) is 12.5. The second kappa shape index (κ2) is 7.86. The molecule has 0 saturated carbocycles. The third-order valence-corrected chi connectivity index (χ3v) is 11.8. The molecule has 9 heteroatoms. The minimum atomic E-state index is -1.78. The van der Waals surface area contributed by atoms with Gasteiger partial charge in [0.1, 0.15) is 15.5 Å². The largest absolute Gasteiger partial charge is 0.414 e. The number of piperidine rings is 1. The van der Waals surface area contributed by atoms with Crippen LogP contribution in [0.3, 0.4) is 0 Å². The Kier molecular flexibility index (Phi) is 5.97. The van der Waals surface area contributed by atoms with Crippen molar-refractivity contribution in [1.29, 1.82) is 0 Å². The normalized spacial score (nSPS) is 16.6. The van der Waals surface area contributed by atoms with Gasteiger partial charge in [0.25, 0.3) is 5.91 Å². The highest BCUT2D eigenvalue weighted by Gasteiger charge is 2.39. The monoisotopic (exact) mass is 436 g/mol. The van der Waals surface area contributed by atoms with Crippen molar-refractivity contribution in [3.63, 3.8) is 0 Å². The minimum Gasteiger partial charge on any atom is -0.414 e. The van der Waals surface area contributed by atoms with Gasteiger partial charge in [0.15, 0.2) is 8.32 Å². The number of nitrogens with zero attached hydrogens (tertiary/aromatic N) is 2. The molecule has 1 amide bonds. The summed E-state index contributed by atoms with van der Waals surface area (Å²) in [5, 5.41) is 10.7. The Morgan fingerprint density at radius 1 is 1.38 bits per heavy atom. The van der Waals surface area contributed by atoms with Crippen molar-refractivity contribution in [1.82, 2.24) is 4.98 Å². The van der Waals surface area contributed by atoms with E-state index in [4.69, 9.17) is 20.9 Å². The number of fused-ring (bicyclic) bond motifs is 1. The van der Waals surface area contributed by atoms with Crippen molar-refractivity contribution < 1.29 is 14.3 Å². The second-order valence-corrected chi connectivity index (χ2v) is 15.0. The van der Waals surface area contributed by atoms with Crippen LogP contribution >= 0.6 is 11.3 Å². The third kappa shape index (κ3) is 4.28. The van der Waals surface area contributed by atoms with Gasteiger partial charge in [-0.05, 0) is 42.6 Å². The molecule has 0 bridgehead atoms. The molecule has 1 aliphatic heterocycles. The summed E-state index contributed by atoms with van der Waals surface area (Å²) in [6.07, 6.45) is 2.16. The molecule has 0 radical (unpaired) electrons. The number of nitrogens with two attached hydrogens (primary N) is 2. The van der Waals surface area contributed by atoms with Crippen LogP contribution in [0.5, 0.6) is 0 Å². The zero-order valence-corrected chi connectivity index (χ0v) is 19.7. The van der Waals surface area contributed by atoms with Gasteiger partial charge < -0.3 is 25.9 Å². The molecule has 5 N–H and O–H groups in total. The first-order valence-corrected chi connectivity index (χ1v) is 13.7. The highest BCUT2D eigenvalue weighted by Crippen LogP contribution is 2.39. The average molecular weight is 437 g/mol. The van der Waals surface area contributed by atoms with Crippen molar-refractivity contribution >= 4 is 47.3 Å². The molecule has 1 fully saturated rings. The number of carbonyl (C=O) groups is 1. The van der Waals surface area contributed by atoms with E-state index < -0.39 is 14.2 Å². The zero-order chi connectivity index (χ0) is 21.6. The van der Waals surface area contributed by atoms with Gasteiger partial charge in [-0.15, -0.1) is 11.3 Å². The van der Waals surface area contributed by atoms with Gasteiger partial charge in [-0.3, -0.25) is 4.79 Å². The summed E-state index contributed by atoms with van der Waals surface area (Å²) in [4.78, 5) is 19.5. The molecule has 2 aromatic heterocycles. The summed E-state index contributed by atoms with van der Waals surface area (Å²) in [6, 6.07) is 1.87. The number of hydrogen-bond acceptors (Lipinski definition) is 7. The Hall–Kier alpha value is -1.68. The minimum absolute atomic E-state index is 0.171. The van der Waals surface area contributed by atoms with Crippen LogP contribution in [-0.2, 0) is 11.0 Å². The van der Waals surface area contributed by atoms with Crippen molar-refractivity contribution in [2.45, 2.75) is 64.5 Å². The number of hydrogen-bond donors (Lipinski definition) is 3. The van der Waals surface area contributed by atoms with Crippen LogP contribution in [0.1, 0.15) is 48.8 Å². The molecule has 29 heavy (non-hydrogen) atoms. The molecule has 0 atom stereocenters. The van der Waals surface area contributed by atoms with E-state index >= 15 is 0 Å². The average Bonchev–Trinajstić information content (AvgIpc) is 2.97. The predicted octanol–water partition coefficient (Wildman–Crippen LogP) is 3.46. The van der Waals surface area contributed by atoms with Crippen LogP contribution < -0.4 is 16.4 Å². The van der Waals surface area contributed by atoms with Crippen molar-refractivity contribution in [2.24, 2.45) is 5.73 Å². The van der Waals surface area contributed by atoms with Crippen molar-refractivity contribution in [2.75, 3.05) is 23.7 Å². The first-order valence-electron chi connectivity index (χ1n) is 10.00. The van der Waals surface area contributed by atoms with E-state index in [1.54, 1.807) is 0 Å². The number of thiophene rings is 1. The summed E-state index contributed by atoms with van der Waals surface area (Å²) < 4.78 is 6.57. The lowest BCUT2D eigenvalue weighted by molar-refractivity contribution is 0.100. The fourth-order valence-electron chi connectivity index (χ4n) is 3.45. The molecule has 3 rings (SSSR count). The van der Waals surface area contributed by atoms with Crippen LogP contribution in [0.25, 0.3) is 10.2 Å². The first kappa shape index (κ1) is 22.0. The van der Waals surface area contributed by atoms with Crippen LogP contribution in [0.4, 0.5) is 11.5 Å². The molecule has 1 aliphatic rings. The molecule has 1 saturated heterocycles. The van der Waals surface area contributed by atoms with Crippen LogP contribution in [0, 0.1) is 0 Å². The van der Waals surface area contributed by atoms with Gasteiger partial charge in [-0.1, -0.05) is 20.8 Å². The Morgan fingerprint density at radius 2 is 2.00 bits per heavy atom. The molecule has 2 aromatic rings. The number of nitrogen functional groups attached to an aromatic ring is 1. The standard InChI is InChI=1S/C20H32N4O3SSi/c1-20(2,3)29(4,5)27-13-6-8-24(9-7-13)14-10-12(11-25)15-16(21)17(18(22)26)28-19(15)23-14/h10,13,25H,6-9,11,21H2,1-5H3,(H2,22,26). The Morgan fingerprint density at radius 3 is 2.52 bits per heavy atom.